The summed E-state index contributed by atoms with van der Waals surface area (Å²) in [6.45, 7) is 1.43. The van der Waals surface area contributed by atoms with Crippen LogP contribution >= 0.6 is 0 Å². The lowest BCUT2D eigenvalue weighted by Gasteiger charge is -2.15. The smallest absolute Gasteiger partial charge is 0.337 e. The summed E-state index contributed by atoms with van der Waals surface area (Å²) >= 11 is 0. The second kappa shape index (κ2) is 5.05. The van der Waals surface area contributed by atoms with Crippen molar-refractivity contribution in [1.82, 2.24) is 0 Å². The average Bonchev–Trinajstić information content (AvgIpc) is 2.84. The molecule has 17 heavy (non-hydrogen) atoms. The first kappa shape index (κ1) is 11.7. The van der Waals surface area contributed by atoms with E-state index in [4.69, 9.17) is 10.5 Å². The van der Waals surface area contributed by atoms with E-state index in [0.717, 1.165) is 18.7 Å². The van der Waals surface area contributed by atoms with Crippen molar-refractivity contribution in [2.45, 2.75) is 12.5 Å². The molecule has 5 heteroatoms. The zero-order valence-electron chi connectivity index (χ0n) is 9.73. The number of hydrogen-bond donors (Lipinski definition) is 2. The molecule has 0 aliphatic carbocycles. The fourth-order valence-corrected chi connectivity index (χ4v) is 1.79. The second-order valence-corrected chi connectivity index (χ2v) is 4.00. The molecule has 5 nitrogen and oxygen atoms in total. The molecule has 1 aromatic carbocycles. The molecular weight excluding hydrogens is 220 g/mol. The van der Waals surface area contributed by atoms with Gasteiger partial charge in [-0.2, -0.15) is 0 Å². The molecule has 92 valence electrons. The van der Waals surface area contributed by atoms with Crippen LogP contribution in [-0.4, -0.2) is 32.3 Å². The van der Waals surface area contributed by atoms with Crippen LogP contribution in [0.4, 0.5) is 11.4 Å². The van der Waals surface area contributed by atoms with Crippen molar-refractivity contribution in [3.05, 3.63) is 23.8 Å². The summed E-state index contributed by atoms with van der Waals surface area (Å²) in [5.74, 6) is -0.365. The van der Waals surface area contributed by atoms with E-state index in [-0.39, 0.29) is 12.0 Å². The molecule has 0 amide bonds. The van der Waals surface area contributed by atoms with Crippen LogP contribution in [0, 0.1) is 0 Å². The van der Waals surface area contributed by atoms with E-state index in [0.29, 0.717) is 17.9 Å². The summed E-state index contributed by atoms with van der Waals surface area (Å²) in [4.78, 5) is 11.4. The topological polar surface area (TPSA) is 73.6 Å². The van der Waals surface area contributed by atoms with Gasteiger partial charge in [0.2, 0.25) is 0 Å². The number of carbonyl (C=O) groups is 1. The van der Waals surface area contributed by atoms with Gasteiger partial charge >= 0.3 is 5.97 Å². The number of anilines is 2. The highest BCUT2D eigenvalue weighted by Crippen LogP contribution is 2.23. The number of nitrogens with one attached hydrogen (secondary N) is 1. The monoisotopic (exact) mass is 236 g/mol. The van der Waals surface area contributed by atoms with Crippen molar-refractivity contribution < 1.29 is 14.3 Å². The largest absolute Gasteiger partial charge is 0.465 e. The number of esters is 1. The van der Waals surface area contributed by atoms with Gasteiger partial charge in [-0.05, 0) is 24.6 Å². The van der Waals surface area contributed by atoms with Crippen LogP contribution in [0.3, 0.4) is 0 Å². The molecule has 1 aliphatic rings. The summed E-state index contributed by atoms with van der Waals surface area (Å²) in [5, 5.41) is 3.27. The fraction of sp³-hybridized carbons (Fsp3) is 0.417. The predicted octanol–water partition coefficient (Wildman–Crippen LogP) is 1.26. The molecular formula is C12H16N2O3. The molecule has 1 atom stereocenters. The molecule has 0 spiro atoms. The van der Waals surface area contributed by atoms with Crippen molar-refractivity contribution in [2.24, 2.45) is 0 Å². The zero-order chi connectivity index (χ0) is 12.3. The Bertz CT molecular complexity index is 414. The Morgan fingerprint density at radius 1 is 1.59 bits per heavy atom. The van der Waals surface area contributed by atoms with Crippen molar-refractivity contribution >= 4 is 17.3 Å². The van der Waals surface area contributed by atoms with Gasteiger partial charge in [-0.3, -0.25) is 0 Å². The van der Waals surface area contributed by atoms with E-state index in [2.05, 4.69) is 10.1 Å². The SMILES string of the molecule is COC(=O)c1ccc(N)c(N[C@@H]2CCOC2)c1. The maximum absolute atomic E-state index is 11.4. The van der Waals surface area contributed by atoms with Crippen LogP contribution < -0.4 is 11.1 Å². The van der Waals surface area contributed by atoms with Crippen molar-refractivity contribution in [1.29, 1.82) is 0 Å². The molecule has 3 N–H and O–H groups in total. The molecule has 1 heterocycles. The van der Waals surface area contributed by atoms with E-state index >= 15 is 0 Å². The maximum atomic E-state index is 11.4. The Morgan fingerprint density at radius 2 is 2.41 bits per heavy atom. The Kier molecular flexibility index (Phi) is 3.49. The average molecular weight is 236 g/mol. The standard InChI is InChI=1S/C12H16N2O3/c1-16-12(15)8-2-3-10(13)11(6-8)14-9-4-5-17-7-9/h2-3,6,9,14H,4-5,7,13H2,1H3/t9-/m1/s1. The van der Waals surface area contributed by atoms with Gasteiger partial charge in [-0.15, -0.1) is 0 Å². The molecule has 2 rings (SSSR count). The normalized spacial score (nSPS) is 19.0. The Labute approximate surface area is 99.9 Å². The van der Waals surface area contributed by atoms with E-state index in [9.17, 15) is 4.79 Å². The van der Waals surface area contributed by atoms with Crippen molar-refractivity contribution in [3.63, 3.8) is 0 Å². The van der Waals surface area contributed by atoms with Crippen LogP contribution in [-0.2, 0) is 9.47 Å². The van der Waals surface area contributed by atoms with Gasteiger partial charge in [-0.1, -0.05) is 0 Å². The number of rotatable bonds is 3. The Hall–Kier alpha value is -1.75. The summed E-state index contributed by atoms with van der Waals surface area (Å²) in [5.41, 5.74) is 7.71. The number of ether oxygens (including phenoxy) is 2. The molecule has 1 saturated heterocycles. The molecule has 0 radical (unpaired) electrons. The van der Waals surface area contributed by atoms with Crippen LogP contribution in [0.25, 0.3) is 0 Å². The third-order valence-corrected chi connectivity index (χ3v) is 2.76. The minimum atomic E-state index is -0.365. The van der Waals surface area contributed by atoms with E-state index in [1.807, 2.05) is 0 Å². The fourth-order valence-electron chi connectivity index (χ4n) is 1.79. The lowest BCUT2D eigenvalue weighted by atomic mass is 10.1. The van der Waals surface area contributed by atoms with Gasteiger partial charge in [0.25, 0.3) is 0 Å². The van der Waals surface area contributed by atoms with Gasteiger partial charge in [0.15, 0.2) is 0 Å². The third kappa shape index (κ3) is 2.68. The van der Waals surface area contributed by atoms with Gasteiger partial charge in [0.05, 0.1) is 36.7 Å². The molecule has 0 bridgehead atoms. The minimum Gasteiger partial charge on any atom is -0.465 e. The number of benzene rings is 1. The first-order valence-corrected chi connectivity index (χ1v) is 5.53. The first-order valence-electron chi connectivity index (χ1n) is 5.53. The van der Waals surface area contributed by atoms with E-state index in [1.54, 1.807) is 18.2 Å². The van der Waals surface area contributed by atoms with Crippen LogP contribution in [0.2, 0.25) is 0 Å². The van der Waals surface area contributed by atoms with Crippen LogP contribution in [0.5, 0.6) is 0 Å². The van der Waals surface area contributed by atoms with E-state index in [1.165, 1.54) is 7.11 Å². The molecule has 1 aliphatic heterocycles. The first-order chi connectivity index (χ1) is 8.20. The predicted molar refractivity (Wildman–Crippen MR) is 65.0 cm³/mol. The molecule has 0 saturated carbocycles. The Morgan fingerprint density at radius 3 is 3.06 bits per heavy atom. The number of hydrogen-bond acceptors (Lipinski definition) is 5. The zero-order valence-corrected chi connectivity index (χ0v) is 9.73. The maximum Gasteiger partial charge on any atom is 0.337 e. The van der Waals surface area contributed by atoms with Crippen LogP contribution in [0.15, 0.2) is 18.2 Å². The van der Waals surface area contributed by atoms with Gasteiger partial charge in [-0.25, -0.2) is 4.79 Å². The lowest BCUT2D eigenvalue weighted by Crippen LogP contribution is -2.20. The summed E-state index contributed by atoms with van der Waals surface area (Å²) in [6, 6.07) is 5.31. The number of nitrogen functional groups attached to an aromatic ring is 1. The molecule has 1 aromatic rings. The van der Waals surface area contributed by atoms with Gasteiger partial charge < -0.3 is 20.5 Å². The summed E-state index contributed by atoms with van der Waals surface area (Å²) < 4.78 is 9.94. The molecule has 0 unspecified atom stereocenters. The summed E-state index contributed by atoms with van der Waals surface area (Å²) in [7, 11) is 1.36. The second-order valence-electron chi connectivity index (χ2n) is 4.00. The lowest BCUT2D eigenvalue weighted by molar-refractivity contribution is 0.0601. The van der Waals surface area contributed by atoms with Gasteiger partial charge in [0, 0.05) is 6.61 Å². The van der Waals surface area contributed by atoms with Gasteiger partial charge in [0.1, 0.15) is 0 Å². The number of carbonyl (C=O) groups excluding carboxylic acids is 1. The van der Waals surface area contributed by atoms with E-state index < -0.39 is 0 Å². The number of nitrogens with two attached hydrogens (primary N) is 1. The van der Waals surface area contributed by atoms with Crippen molar-refractivity contribution in [2.75, 3.05) is 31.4 Å². The molecule has 0 aromatic heterocycles. The quantitative estimate of drug-likeness (QED) is 0.610. The number of methoxy groups -OCH3 is 1. The Balaban J connectivity index is 2.16. The van der Waals surface area contributed by atoms with Crippen LogP contribution in [0.1, 0.15) is 16.8 Å². The summed E-state index contributed by atoms with van der Waals surface area (Å²) in [6.07, 6.45) is 0.946. The highest BCUT2D eigenvalue weighted by atomic mass is 16.5. The van der Waals surface area contributed by atoms with Crippen molar-refractivity contribution in [3.8, 4) is 0 Å². The third-order valence-electron chi connectivity index (χ3n) is 2.76. The highest BCUT2D eigenvalue weighted by Gasteiger charge is 2.17. The highest BCUT2D eigenvalue weighted by molar-refractivity contribution is 5.92. The molecule has 1 fully saturated rings. The minimum absolute atomic E-state index is 0.255.